The number of carbonyl (C=O) groups is 1. The van der Waals surface area contributed by atoms with Crippen molar-refractivity contribution in [1.82, 2.24) is 4.90 Å². The van der Waals surface area contributed by atoms with E-state index in [1.807, 2.05) is 4.90 Å². The fourth-order valence-corrected chi connectivity index (χ4v) is 4.21. The van der Waals surface area contributed by atoms with Crippen molar-refractivity contribution in [2.24, 2.45) is 17.6 Å². The van der Waals surface area contributed by atoms with E-state index in [-0.39, 0.29) is 17.6 Å². The maximum absolute atomic E-state index is 12.3. The largest absolute Gasteiger partial charge is 0.341 e. The number of nitrogens with two attached hydrogens (primary N) is 1. The summed E-state index contributed by atoms with van der Waals surface area (Å²) in [7, 11) is 0. The first-order valence-corrected chi connectivity index (χ1v) is 8.44. The summed E-state index contributed by atoms with van der Waals surface area (Å²) in [5.41, 5.74) is 6.15. The summed E-state index contributed by atoms with van der Waals surface area (Å²) in [6, 6.07) is 6.54. The molecule has 1 amide bonds. The Morgan fingerprint density at radius 1 is 1.32 bits per heavy atom. The summed E-state index contributed by atoms with van der Waals surface area (Å²) < 4.78 is 0. The van der Waals surface area contributed by atoms with Gasteiger partial charge in [-0.15, -0.1) is 11.8 Å². The number of nitrogens with zero attached hydrogens (tertiary/aromatic N) is 2. The van der Waals surface area contributed by atoms with Crippen LogP contribution in [-0.4, -0.2) is 40.6 Å². The monoisotopic (exact) mass is 321 g/mol. The maximum atomic E-state index is 12.3. The van der Waals surface area contributed by atoms with Gasteiger partial charge in [0.2, 0.25) is 5.91 Å². The Kier molecular flexibility index (Phi) is 4.35. The topological polar surface area (TPSA) is 89.5 Å². The average molecular weight is 321 g/mol. The molecule has 1 aromatic carbocycles. The molecule has 2 aliphatic rings. The van der Waals surface area contributed by atoms with Crippen molar-refractivity contribution < 1.29 is 9.72 Å². The zero-order valence-electron chi connectivity index (χ0n) is 12.2. The third-order valence-corrected chi connectivity index (χ3v) is 5.67. The number of non-ortho nitro benzene ring substituents is 1. The standard InChI is InChI=1S/C15H19N3O3S/c16-14-6-1-10-7-17(8-13(10)14)15(19)9-22-12-4-2-11(3-5-12)18(20)21/h2-5,10,13-14H,1,6-9,16H2. The van der Waals surface area contributed by atoms with E-state index >= 15 is 0 Å². The van der Waals surface area contributed by atoms with Crippen molar-refractivity contribution in [1.29, 1.82) is 0 Å². The summed E-state index contributed by atoms with van der Waals surface area (Å²) in [4.78, 5) is 25.3. The van der Waals surface area contributed by atoms with Crippen LogP contribution in [0.2, 0.25) is 0 Å². The highest BCUT2D eigenvalue weighted by molar-refractivity contribution is 8.00. The molecule has 1 saturated carbocycles. The van der Waals surface area contributed by atoms with Crippen LogP contribution in [0.15, 0.2) is 29.2 Å². The van der Waals surface area contributed by atoms with Gasteiger partial charge in [-0.25, -0.2) is 0 Å². The molecule has 3 atom stereocenters. The lowest BCUT2D eigenvalue weighted by molar-refractivity contribution is -0.384. The molecule has 2 fully saturated rings. The summed E-state index contributed by atoms with van der Waals surface area (Å²) in [5, 5.41) is 10.6. The van der Waals surface area contributed by atoms with E-state index in [9.17, 15) is 14.9 Å². The number of hydrogen-bond donors (Lipinski definition) is 1. The second-order valence-electron chi connectivity index (χ2n) is 6.00. The number of hydrogen-bond acceptors (Lipinski definition) is 5. The Balaban J connectivity index is 1.51. The van der Waals surface area contributed by atoms with E-state index in [1.165, 1.54) is 23.9 Å². The Bertz CT molecular complexity index is 578. The van der Waals surface area contributed by atoms with E-state index in [4.69, 9.17) is 5.73 Å². The minimum atomic E-state index is -0.425. The number of amides is 1. The highest BCUT2D eigenvalue weighted by Crippen LogP contribution is 2.37. The summed E-state index contributed by atoms with van der Waals surface area (Å²) >= 11 is 1.42. The first-order chi connectivity index (χ1) is 10.5. The van der Waals surface area contributed by atoms with Crippen molar-refractivity contribution in [2.45, 2.75) is 23.8 Å². The van der Waals surface area contributed by atoms with E-state index in [2.05, 4.69) is 0 Å². The van der Waals surface area contributed by atoms with E-state index in [0.29, 0.717) is 17.6 Å². The normalized spacial score (nSPS) is 27.0. The van der Waals surface area contributed by atoms with E-state index < -0.39 is 4.92 Å². The van der Waals surface area contributed by atoms with Crippen molar-refractivity contribution in [3.05, 3.63) is 34.4 Å². The third kappa shape index (κ3) is 3.10. The second kappa shape index (κ2) is 6.26. The van der Waals surface area contributed by atoms with Gasteiger partial charge in [0.15, 0.2) is 0 Å². The van der Waals surface area contributed by atoms with Crippen LogP contribution < -0.4 is 5.73 Å². The molecule has 3 unspecified atom stereocenters. The number of fused-ring (bicyclic) bond motifs is 1. The van der Waals surface area contributed by atoms with Crippen molar-refractivity contribution >= 4 is 23.4 Å². The SMILES string of the molecule is NC1CCC2CN(C(=O)CSc3ccc([N+](=O)[O-])cc3)CC12. The van der Waals surface area contributed by atoms with Crippen LogP contribution in [0.25, 0.3) is 0 Å². The third-order valence-electron chi connectivity index (χ3n) is 4.67. The Morgan fingerprint density at radius 2 is 2.05 bits per heavy atom. The summed E-state index contributed by atoms with van der Waals surface area (Å²) in [5.74, 6) is 1.54. The summed E-state index contributed by atoms with van der Waals surface area (Å²) in [6.07, 6.45) is 2.21. The zero-order valence-corrected chi connectivity index (χ0v) is 13.0. The minimum absolute atomic E-state index is 0.0667. The van der Waals surface area contributed by atoms with Gasteiger partial charge in [-0.2, -0.15) is 0 Å². The van der Waals surface area contributed by atoms with Crippen molar-refractivity contribution in [3.8, 4) is 0 Å². The molecule has 1 aliphatic carbocycles. The van der Waals surface area contributed by atoms with Gasteiger partial charge in [0.05, 0.1) is 10.7 Å². The van der Waals surface area contributed by atoms with Gasteiger partial charge in [0.1, 0.15) is 0 Å². The molecule has 0 aromatic heterocycles. The predicted molar refractivity (Wildman–Crippen MR) is 84.6 cm³/mol. The lowest BCUT2D eigenvalue weighted by atomic mass is 9.98. The van der Waals surface area contributed by atoms with Gasteiger partial charge in [-0.3, -0.25) is 14.9 Å². The number of rotatable bonds is 4. The predicted octanol–water partition coefficient (Wildman–Crippen LogP) is 1.88. The molecule has 1 heterocycles. The Hall–Kier alpha value is -1.60. The van der Waals surface area contributed by atoms with Crippen LogP contribution in [0, 0.1) is 22.0 Å². The van der Waals surface area contributed by atoms with Gasteiger partial charge in [0.25, 0.3) is 5.69 Å². The Morgan fingerprint density at radius 3 is 2.68 bits per heavy atom. The van der Waals surface area contributed by atoms with Crippen molar-refractivity contribution in [3.63, 3.8) is 0 Å². The quantitative estimate of drug-likeness (QED) is 0.519. The van der Waals surface area contributed by atoms with Gasteiger partial charge in [0, 0.05) is 36.2 Å². The van der Waals surface area contributed by atoms with Crippen LogP contribution in [0.4, 0.5) is 5.69 Å². The molecule has 0 radical (unpaired) electrons. The average Bonchev–Trinajstić information content (AvgIpc) is 3.08. The van der Waals surface area contributed by atoms with Gasteiger partial charge in [-0.05, 0) is 36.8 Å². The molecule has 7 heteroatoms. The fraction of sp³-hybridized carbons (Fsp3) is 0.533. The molecule has 1 aromatic rings. The molecule has 1 aliphatic heterocycles. The molecule has 0 spiro atoms. The molecule has 118 valence electrons. The highest BCUT2D eigenvalue weighted by atomic mass is 32.2. The molecule has 0 bridgehead atoms. The first kappa shape index (κ1) is 15.3. The van der Waals surface area contributed by atoms with Gasteiger partial charge in [-0.1, -0.05) is 0 Å². The molecule has 22 heavy (non-hydrogen) atoms. The van der Waals surface area contributed by atoms with Crippen molar-refractivity contribution in [2.75, 3.05) is 18.8 Å². The number of likely N-dealkylation sites (tertiary alicyclic amines) is 1. The number of nitro groups is 1. The van der Waals surface area contributed by atoms with Crippen LogP contribution in [-0.2, 0) is 4.79 Å². The number of carbonyl (C=O) groups excluding carboxylic acids is 1. The lowest BCUT2D eigenvalue weighted by Crippen LogP contribution is -2.34. The van der Waals surface area contributed by atoms with Crippen LogP contribution in [0.3, 0.4) is 0 Å². The molecule has 1 saturated heterocycles. The van der Waals surface area contributed by atoms with E-state index in [0.717, 1.165) is 30.8 Å². The smallest absolute Gasteiger partial charge is 0.269 e. The highest BCUT2D eigenvalue weighted by Gasteiger charge is 2.42. The molecular weight excluding hydrogens is 302 g/mol. The molecule has 2 N–H and O–H groups in total. The molecular formula is C15H19N3O3S. The summed E-state index contributed by atoms with van der Waals surface area (Å²) in [6.45, 7) is 1.61. The van der Waals surface area contributed by atoms with Crippen LogP contribution in [0.5, 0.6) is 0 Å². The molecule has 6 nitrogen and oxygen atoms in total. The number of thioether (sulfide) groups is 1. The maximum Gasteiger partial charge on any atom is 0.269 e. The molecule has 3 rings (SSSR count). The zero-order chi connectivity index (χ0) is 15.7. The van der Waals surface area contributed by atoms with E-state index in [1.54, 1.807) is 12.1 Å². The van der Waals surface area contributed by atoms with Crippen LogP contribution >= 0.6 is 11.8 Å². The van der Waals surface area contributed by atoms with Gasteiger partial charge >= 0.3 is 0 Å². The van der Waals surface area contributed by atoms with Gasteiger partial charge < -0.3 is 10.6 Å². The number of benzene rings is 1. The Labute approximate surface area is 133 Å². The first-order valence-electron chi connectivity index (χ1n) is 7.45. The second-order valence-corrected chi connectivity index (χ2v) is 7.05. The number of nitro benzene ring substituents is 1. The fourth-order valence-electron chi connectivity index (χ4n) is 3.41. The minimum Gasteiger partial charge on any atom is -0.341 e. The van der Waals surface area contributed by atoms with Crippen LogP contribution in [0.1, 0.15) is 12.8 Å². The lowest BCUT2D eigenvalue weighted by Gasteiger charge is -2.18.